The predicted molar refractivity (Wildman–Crippen MR) is 93.0 cm³/mol. The normalized spacial score (nSPS) is 17.4. The Morgan fingerprint density at radius 1 is 1.19 bits per heavy atom. The minimum Gasteiger partial charge on any atom is -0.316 e. The third kappa shape index (κ3) is 3.98. The maximum atomic E-state index is 4.79. The van der Waals surface area contributed by atoms with Crippen molar-refractivity contribution < 1.29 is 0 Å². The van der Waals surface area contributed by atoms with Crippen molar-refractivity contribution in [2.24, 2.45) is 0 Å². The Labute approximate surface area is 131 Å². The predicted octanol–water partition coefficient (Wildman–Crippen LogP) is 4.04. The van der Waals surface area contributed by atoms with E-state index in [0.717, 1.165) is 17.2 Å². The third-order valence-corrected chi connectivity index (χ3v) is 5.89. The first kappa shape index (κ1) is 14.9. The molecule has 21 heavy (non-hydrogen) atoms. The Morgan fingerprint density at radius 3 is 2.81 bits per heavy atom. The van der Waals surface area contributed by atoms with Gasteiger partial charge < -0.3 is 5.32 Å². The number of thioether (sulfide) groups is 1. The number of benzene rings is 1. The number of aromatic nitrogens is 1. The first-order valence-corrected chi connectivity index (χ1v) is 9.03. The molecule has 2 aromatic rings. The van der Waals surface area contributed by atoms with Crippen LogP contribution in [0.15, 0.2) is 36.4 Å². The minimum atomic E-state index is 0.518. The van der Waals surface area contributed by atoms with E-state index in [1.807, 2.05) is 0 Å². The van der Waals surface area contributed by atoms with Crippen LogP contribution in [0.1, 0.15) is 31.4 Å². The van der Waals surface area contributed by atoms with Gasteiger partial charge in [-0.1, -0.05) is 37.1 Å². The van der Waals surface area contributed by atoms with Crippen LogP contribution in [0.3, 0.4) is 0 Å². The molecule has 0 aliphatic heterocycles. The van der Waals surface area contributed by atoms with Gasteiger partial charge in [0.05, 0.1) is 5.52 Å². The van der Waals surface area contributed by atoms with Crippen molar-refractivity contribution in [3.63, 3.8) is 0 Å². The van der Waals surface area contributed by atoms with Crippen molar-refractivity contribution in [2.75, 3.05) is 12.8 Å². The number of hydrogen-bond acceptors (Lipinski definition) is 3. The fraction of sp³-hybridized carbons (Fsp3) is 0.500. The highest BCUT2D eigenvalue weighted by atomic mass is 32.2. The van der Waals surface area contributed by atoms with Crippen LogP contribution in [0.5, 0.6) is 0 Å². The highest BCUT2D eigenvalue weighted by Crippen LogP contribution is 2.30. The summed E-state index contributed by atoms with van der Waals surface area (Å²) in [4.78, 5) is 4.79. The largest absolute Gasteiger partial charge is 0.316 e. The van der Waals surface area contributed by atoms with Gasteiger partial charge >= 0.3 is 0 Å². The van der Waals surface area contributed by atoms with Crippen molar-refractivity contribution in [1.82, 2.24) is 10.3 Å². The Morgan fingerprint density at radius 2 is 2.00 bits per heavy atom. The summed E-state index contributed by atoms with van der Waals surface area (Å²) in [5, 5.41) is 5.58. The van der Waals surface area contributed by atoms with Crippen LogP contribution < -0.4 is 5.32 Å². The second-order valence-electron chi connectivity index (χ2n) is 5.92. The molecular weight excluding hydrogens is 276 g/mol. The smallest absolute Gasteiger partial charge is 0.0705 e. The number of nitrogens with zero attached hydrogens (tertiary/aromatic N) is 1. The van der Waals surface area contributed by atoms with E-state index >= 15 is 0 Å². The monoisotopic (exact) mass is 300 g/mol. The van der Waals surface area contributed by atoms with Crippen molar-refractivity contribution in [1.29, 1.82) is 0 Å². The van der Waals surface area contributed by atoms with E-state index < -0.39 is 0 Å². The van der Waals surface area contributed by atoms with Gasteiger partial charge in [-0.2, -0.15) is 11.8 Å². The molecule has 1 aliphatic rings. The second kappa shape index (κ2) is 7.28. The molecule has 1 fully saturated rings. The number of rotatable bonds is 6. The molecule has 0 amide bonds. The molecule has 0 radical (unpaired) electrons. The van der Waals surface area contributed by atoms with Gasteiger partial charge in [0.2, 0.25) is 0 Å². The fourth-order valence-corrected chi connectivity index (χ4v) is 4.48. The van der Waals surface area contributed by atoms with E-state index in [9.17, 15) is 0 Å². The van der Waals surface area contributed by atoms with Gasteiger partial charge in [-0.25, -0.2) is 0 Å². The fourth-order valence-electron chi connectivity index (χ4n) is 3.03. The van der Waals surface area contributed by atoms with Crippen LogP contribution in [-0.4, -0.2) is 29.1 Å². The molecule has 3 heteroatoms. The third-order valence-electron chi connectivity index (χ3n) is 4.36. The van der Waals surface area contributed by atoms with Crippen LogP contribution in [-0.2, 0) is 6.42 Å². The standard InChI is InChI=1S/C18H24N2S/c1-19-16(13-21-17-7-3-4-8-17)12-15-11-10-14-6-2-5-9-18(14)20-15/h2,5-6,9-11,16-17,19H,3-4,7-8,12-13H2,1H3. The Kier molecular flexibility index (Phi) is 5.15. The molecule has 1 saturated carbocycles. The molecule has 1 aliphatic carbocycles. The van der Waals surface area contributed by atoms with E-state index in [1.165, 1.54) is 42.5 Å². The lowest BCUT2D eigenvalue weighted by molar-refractivity contribution is 0.609. The molecule has 1 aromatic carbocycles. The molecule has 0 saturated heterocycles. The summed E-state index contributed by atoms with van der Waals surface area (Å²) in [5.74, 6) is 1.19. The number of para-hydroxylation sites is 1. The van der Waals surface area contributed by atoms with E-state index in [1.54, 1.807) is 0 Å². The molecule has 1 aromatic heterocycles. The van der Waals surface area contributed by atoms with Crippen LogP contribution in [0.4, 0.5) is 0 Å². The van der Waals surface area contributed by atoms with Gasteiger partial charge in [0.1, 0.15) is 0 Å². The van der Waals surface area contributed by atoms with E-state index in [-0.39, 0.29) is 0 Å². The average Bonchev–Trinajstić information content (AvgIpc) is 3.04. The average molecular weight is 300 g/mol. The first-order chi connectivity index (χ1) is 10.3. The molecule has 112 valence electrons. The zero-order valence-electron chi connectivity index (χ0n) is 12.7. The molecule has 1 unspecified atom stereocenters. The van der Waals surface area contributed by atoms with Gasteiger partial charge in [0.15, 0.2) is 0 Å². The summed E-state index contributed by atoms with van der Waals surface area (Å²) in [5.41, 5.74) is 2.30. The van der Waals surface area contributed by atoms with Crippen molar-refractivity contribution in [3.8, 4) is 0 Å². The highest BCUT2D eigenvalue weighted by molar-refractivity contribution is 7.99. The van der Waals surface area contributed by atoms with Gasteiger partial charge in [0.25, 0.3) is 0 Å². The molecule has 2 nitrogen and oxygen atoms in total. The van der Waals surface area contributed by atoms with Crippen LogP contribution in [0.25, 0.3) is 10.9 Å². The summed E-state index contributed by atoms with van der Waals surface area (Å²) >= 11 is 2.15. The summed E-state index contributed by atoms with van der Waals surface area (Å²) in [6.45, 7) is 0. The number of nitrogens with one attached hydrogen (secondary N) is 1. The summed E-state index contributed by atoms with van der Waals surface area (Å²) in [6.07, 6.45) is 6.69. The topological polar surface area (TPSA) is 24.9 Å². The van der Waals surface area contributed by atoms with Crippen LogP contribution in [0.2, 0.25) is 0 Å². The van der Waals surface area contributed by atoms with Crippen molar-refractivity contribution in [3.05, 3.63) is 42.1 Å². The van der Waals surface area contributed by atoms with E-state index in [4.69, 9.17) is 4.98 Å². The Bertz CT molecular complexity index is 578. The molecular formula is C18H24N2S. The van der Waals surface area contributed by atoms with Crippen LogP contribution in [0, 0.1) is 0 Å². The van der Waals surface area contributed by atoms with Gasteiger partial charge in [-0.15, -0.1) is 0 Å². The van der Waals surface area contributed by atoms with E-state index in [0.29, 0.717) is 6.04 Å². The molecule has 1 atom stereocenters. The summed E-state index contributed by atoms with van der Waals surface area (Å²) < 4.78 is 0. The van der Waals surface area contributed by atoms with Gasteiger partial charge in [0, 0.05) is 34.5 Å². The lowest BCUT2D eigenvalue weighted by atomic mass is 10.1. The molecule has 1 heterocycles. The van der Waals surface area contributed by atoms with E-state index in [2.05, 4.69) is 60.5 Å². The number of likely N-dealkylation sites (N-methyl/N-ethyl adjacent to an activating group) is 1. The maximum Gasteiger partial charge on any atom is 0.0705 e. The molecule has 0 bridgehead atoms. The lowest BCUT2D eigenvalue weighted by Gasteiger charge is -2.18. The molecule has 0 spiro atoms. The quantitative estimate of drug-likeness (QED) is 0.871. The Hall–Kier alpha value is -1.06. The molecule has 1 N–H and O–H groups in total. The van der Waals surface area contributed by atoms with Gasteiger partial charge in [-0.3, -0.25) is 4.98 Å². The zero-order chi connectivity index (χ0) is 14.5. The number of hydrogen-bond donors (Lipinski definition) is 1. The van der Waals surface area contributed by atoms with Crippen LogP contribution >= 0.6 is 11.8 Å². The zero-order valence-corrected chi connectivity index (χ0v) is 13.5. The maximum absolute atomic E-state index is 4.79. The first-order valence-electron chi connectivity index (χ1n) is 7.98. The lowest BCUT2D eigenvalue weighted by Crippen LogP contribution is -2.31. The number of fused-ring (bicyclic) bond motifs is 1. The minimum absolute atomic E-state index is 0.518. The van der Waals surface area contributed by atoms with Gasteiger partial charge in [-0.05, 0) is 32.0 Å². The second-order valence-corrected chi connectivity index (χ2v) is 7.26. The summed E-state index contributed by atoms with van der Waals surface area (Å²) in [6, 6.07) is 13.2. The van der Waals surface area contributed by atoms with Crippen molar-refractivity contribution in [2.45, 2.75) is 43.4 Å². The SMILES string of the molecule is CNC(CSC1CCCC1)Cc1ccc2ccccc2n1. The number of pyridine rings is 1. The highest BCUT2D eigenvalue weighted by Gasteiger charge is 2.17. The van der Waals surface area contributed by atoms with Crippen molar-refractivity contribution >= 4 is 22.7 Å². The molecule has 3 rings (SSSR count). The Balaban J connectivity index is 1.61. The summed E-state index contributed by atoms with van der Waals surface area (Å²) in [7, 11) is 2.07.